The SMILES string of the molecule is CC(C)(C)CNC(=O)C1CCCC1(C)F. The maximum absolute atomic E-state index is 13.9. The summed E-state index contributed by atoms with van der Waals surface area (Å²) in [6.07, 6.45) is 2.02. The number of alkyl halides is 1. The molecule has 1 fully saturated rings. The summed E-state index contributed by atoms with van der Waals surface area (Å²) in [7, 11) is 0. The summed E-state index contributed by atoms with van der Waals surface area (Å²) in [6.45, 7) is 8.31. The van der Waals surface area contributed by atoms with Gasteiger partial charge in [0.15, 0.2) is 0 Å². The lowest BCUT2D eigenvalue weighted by Gasteiger charge is -2.25. The molecular weight excluding hydrogens is 193 g/mol. The van der Waals surface area contributed by atoms with Crippen molar-refractivity contribution in [1.82, 2.24) is 5.32 Å². The fourth-order valence-electron chi connectivity index (χ4n) is 2.01. The summed E-state index contributed by atoms with van der Waals surface area (Å²) < 4.78 is 13.9. The van der Waals surface area contributed by atoms with Crippen LogP contribution in [0.4, 0.5) is 4.39 Å². The number of hydrogen-bond acceptors (Lipinski definition) is 1. The van der Waals surface area contributed by atoms with E-state index >= 15 is 0 Å². The quantitative estimate of drug-likeness (QED) is 0.754. The van der Waals surface area contributed by atoms with Gasteiger partial charge in [0.05, 0.1) is 5.92 Å². The van der Waals surface area contributed by atoms with Gasteiger partial charge >= 0.3 is 0 Å². The molecule has 1 amide bonds. The third kappa shape index (κ3) is 3.47. The average molecular weight is 215 g/mol. The summed E-state index contributed by atoms with van der Waals surface area (Å²) in [4.78, 5) is 11.8. The Kier molecular flexibility index (Phi) is 3.41. The van der Waals surface area contributed by atoms with E-state index in [4.69, 9.17) is 0 Å². The maximum Gasteiger partial charge on any atom is 0.226 e. The van der Waals surface area contributed by atoms with E-state index in [1.54, 1.807) is 6.92 Å². The molecule has 1 aliphatic rings. The van der Waals surface area contributed by atoms with E-state index in [9.17, 15) is 9.18 Å². The first-order valence-corrected chi connectivity index (χ1v) is 5.69. The maximum atomic E-state index is 13.9. The third-order valence-electron chi connectivity index (χ3n) is 2.99. The fourth-order valence-corrected chi connectivity index (χ4v) is 2.01. The second kappa shape index (κ2) is 4.11. The van der Waals surface area contributed by atoms with Gasteiger partial charge in [-0.25, -0.2) is 4.39 Å². The molecule has 88 valence electrons. The van der Waals surface area contributed by atoms with Crippen molar-refractivity contribution in [3.8, 4) is 0 Å². The number of amides is 1. The van der Waals surface area contributed by atoms with Crippen LogP contribution in [-0.4, -0.2) is 18.1 Å². The number of hydrogen-bond donors (Lipinski definition) is 1. The van der Waals surface area contributed by atoms with Gasteiger partial charge in [0.2, 0.25) is 5.91 Å². The van der Waals surface area contributed by atoms with E-state index < -0.39 is 11.6 Å². The molecule has 0 aromatic carbocycles. The Balaban J connectivity index is 2.48. The molecule has 0 aliphatic heterocycles. The largest absolute Gasteiger partial charge is 0.355 e. The number of halogens is 1. The first-order chi connectivity index (χ1) is 6.72. The van der Waals surface area contributed by atoms with Crippen molar-refractivity contribution in [3.05, 3.63) is 0 Å². The summed E-state index contributed by atoms with van der Waals surface area (Å²) in [5.74, 6) is -0.563. The fraction of sp³-hybridized carbons (Fsp3) is 0.917. The van der Waals surface area contributed by atoms with Gasteiger partial charge in [0, 0.05) is 6.54 Å². The lowest BCUT2D eigenvalue weighted by molar-refractivity contribution is -0.128. The predicted octanol–water partition coefficient (Wildman–Crippen LogP) is 2.68. The second-order valence-corrected chi connectivity index (χ2v) is 6.00. The Morgan fingerprint density at radius 1 is 1.53 bits per heavy atom. The number of carbonyl (C=O) groups excluding carboxylic acids is 1. The molecule has 0 saturated heterocycles. The van der Waals surface area contributed by atoms with E-state index in [0.29, 0.717) is 19.4 Å². The lowest BCUT2D eigenvalue weighted by atomic mass is 9.92. The highest BCUT2D eigenvalue weighted by Crippen LogP contribution is 2.38. The van der Waals surface area contributed by atoms with Crippen molar-refractivity contribution in [2.24, 2.45) is 11.3 Å². The number of nitrogens with one attached hydrogen (secondary N) is 1. The number of rotatable bonds is 2. The average Bonchev–Trinajstić information content (AvgIpc) is 2.40. The van der Waals surface area contributed by atoms with Crippen LogP contribution in [-0.2, 0) is 4.79 Å². The van der Waals surface area contributed by atoms with Gasteiger partial charge in [0.25, 0.3) is 0 Å². The van der Waals surface area contributed by atoms with Crippen LogP contribution in [0.2, 0.25) is 0 Å². The van der Waals surface area contributed by atoms with E-state index in [0.717, 1.165) is 6.42 Å². The van der Waals surface area contributed by atoms with Crippen LogP contribution in [0.3, 0.4) is 0 Å². The summed E-state index contributed by atoms with van der Waals surface area (Å²) in [5.41, 5.74) is -1.25. The van der Waals surface area contributed by atoms with Crippen LogP contribution in [0.5, 0.6) is 0 Å². The molecule has 0 spiro atoms. The van der Waals surface area contributed by atoms with Crippen molar-refractivity contribution in [1.29, 1.82) is 0 Å². The van der Waals surface area contributed by atoms with Crippen LogP contribution in [0.15, 0.2) is 0 Å². The highest BCUT2D eigenvalue weighted by atomic mass is 19.1. The zero-order valence-corrected chi connectivity index (χ0v) is 10.2. The van der Waals surface area contributed by atoms with Crippen LogP contribution in [0.1, 0.15) is 47.0 Å². The zero-order chi connectivity index (χ0) is 11.7. The van der Waals surface area contributed by atoms with Gasteiger partial charge in [-0.3, -0.25) is 4.79 Å². The third-order valence-corrected chi connectivity index (χ3v) is 2.99. The van der Waals surface area contributed by atoms with Crippen molar-refractivity contribution in [3.63, 3.8) is 0 Å². The van der Waals surface area contributed by atoms with E-state index in [1.807, 2.05) is 0 Å². The molecule has 0 aromatic rings. The van der Waals surface area contributed by atoms with Crippen LogP contribution in [0, 0.1) is 11.3 Å². The smallest absolute Gasteiger partial charge is 0.226 e. The van der Waals surface area contributed by atoms with E-state index in [-0.39, 0.29) is 11.3 Å². The van der Waals surface area contributed by atoms with Crippen LogP contribution < -0.4 is 5.32 Å². The molecule has 0 radical (unpaired) electrons. The monoisotopic (exact) mass is 215 g/mol. The summed E-state index contributed by atoms with van der Waals surface area (Å²) in [6, 6.07) is 0. The second-order valence-electron chi connectivity index (χ2n) is 6.00. The molecule has 1 rings (SSSR count). The van der Waals surface area contributed by atoms with Gasteiger partial charge in [-0.2, -0.15) is 0 Å². The first-order valence-electron chi connectivity index (χ1n) is 5.69. The van der Waals surface area contributed by atoms with E-state index in [1.165, 1.54) is 0 Å². The number of carbonyl (C=O) groups is 1. The van der Waals surface area contributed by atoms with Gasteiger partial charge in [-0.15, -0.1) is 0 Å². The van der Waals surface area contributed by atoms with Crippen LogP contribution >= 0.6 is 0 Å². The van der Waals surface area contributed by atoms with Gasteiger partial charge in [-0.1, -0.05) is 20.8 Å². The molecule has 0 heterocycles. The molecule has 1 aliphatic carbocycles. The Morgan fingerprint density at radius 3 is 2.53 bits per heavy atom. The Morgan fingerprint density at radius 2 is 2.13 bits per heavy atom. The Labute approximate surface area is 91.6 Å². The normalized spacial score (nSPS) is 31.7. The van der Waals surface area contributed by atoms with Crippen LogP contribution in [0.25, 0.3) is 0 Å². The predicted molar refractivity (Wildman–Crippen MR) is 59.3 cm³/mol. The molecule has 15 heavy (non-hydrogen) atoms. The summed E-state index contributed by atoms with van der Waals surface area (Å²) >= 11 is 0. The summed E-state index contributed by atoms with van der Waals surface area (Å²) in [5, 5.41) is 2.84. The molecule has 3 heteroatoms. The minimum Gasteiger partial charge on any atom is -0.355 e. The molecule has 1 saturated carbocycles. The van der Waals surface area contributed by atoms with Crippen molar-refractivity contribution < 1.29 is 9.18 Å². The molecule has 0 bridgehead atoms. The Bertz CT molecular complexity index is 242. The van der Waals surface area contributed by atoms with Crippen molar-refractivity contribution in [2.75, 3.05) is 6.54 Å². The van der Waals surface area contributed by atoms with Crippen molar-refractivity contribution >= 4 is 5.91 Å². The molecule has 2 atom stereocenters. The standard InChI is InChI=1S/C12H22FNO/c1-11(2,3)8-14-10(15)9-6-5-7-12(9,4)13/h9H,5-8H2,1-4H3,(H,14,15). The zero-order valence-electron chi connectivity index (χ0n) is 10.2. The molecular formula is C12H22FNO. The minimum absolute atomic E-state index is 0.0565. The molecule has 2 unspecified atom stereocenters. The first kappa shape index (κ1) is 12.5. The van der Waals surface area contributed by atoms with Crippen molar-refractivity contribution in [2.45, 2.75) is 52.6 Å². The molecule has 1 N–H and O–H groups in total. The van der Waals surface area contributed by atoms with E-state index in [2.05, 4.69) is 26.1 Å². The molecule has 2 nitrogen and oxygen atoms in total. The molecule has 0 aromatic heterocycles. The topological polar surface area (TPSA) is 29.1 Å². The van der Waals surface area contributed by atoms with Gasteiger partial charge in [-0.05, 0) is 31.6 Å². The highest BCUT2D eigenvalue weighted by Gasteiger charge is 2.43. The van der Waals surface area contributed by atoms with Gasteiger partial charge < -0.3 is 5.32 Å². The minimum atomic E-state index is -1.30. The lowest BCUT2D eigenvalue weighted by Crippen LogP contribution is -2.41. The highest BCUT2D eigenvalue weighted by molar-refractivity contribution is 5.80. The Hall–Kier alpha value is -0.600. The van der Waals surface area contributed by atoms with Gasteiger partial charge in [0.1, 0.15) is 5.67 Å².